The van der Waals surface area contributed by atoms with E-state index in [0.29, 0.717) is 6.42 Å². The molecule has 3 N–H and O–H groups in total. The van der Waals surface area contributed by atoms with E-state index in [-0.39, 0.29) is 23.7 Å². The van der Waals surface area contributed by atoms with Crippen molar-refractivity contribution in [1.29, 1.82) is 0 Å². The van der Waals surface area contributed by atoms with E-state index in [1.165, 1.54) is 58.3 Å². The number of carboxylic acids is 1. The number of hydrogen-bond donors (Lipinski definition) is 2. The van der Waals surface area contributed by atoms with Crippen molar-refractivity contribution < 1.29 is 27.0 Å². The summed E-state index contributed by atoms with van der Waals surface area (Å²) in [5, 5.41) is 9.86. The maximum atomic E-state index is 12.8. The summed E-state index contributed by atoms with van der Waals surface area (Å²) in [7, 11) is -1.00. The van der Waals surface area contributed by atoms with Gasteiger partial charge in [0, 0.05) is 6.92 Å². The van der Waals surface area contributed by atoms with Gasteiger partial charge in [0.1, 0.15) is 0 Å². The lowest BCUT2D eigenvalue weighted by Gasteiger charge is -2.46. The lowest BCUT2D eigenvalue weighted by Crippen LogP contribution is -2.69. The van der Waals surface area contributed by atoms with Crippen molar-refractivity contribution in [3.63, 3.8) is 0 Å². The van der Waals surface area contributed by atoms with Crippen molar-refractivity contribution >= 4 is 16.1 Å². The molecule has 0 radical (unpaired) electrons. The fraction of sp³-hybridized carbons (Fsp3) is 0.955. The van der Waals surface area contributed by atoms with Crippen molar-refractivity contribution in [2.75, 3.05) is 27.2 Å². The van der Waals surface area contributed by atoms with Gasteiger partial charge >= 0.3 is 21.0 Å². The third-order valence-electron chi connectivity index (χ3n) is 6.65. The second kappa shape index (κ2) is 14.4. The Bertz CT molecular complexity index is 580. The average Bonchev–Trinajstić information content (AvgIpc) is 2.68. The van der Waals surface area contributed by atoms with E-state index in [0.717, 1.165) is 19.3 Å². The molecule has 0 aliphatic heterocycles. The first-order chi connectivity index (χ1) is 14.0. The highest BCUT2D eigenvalue weighted by molar-refractivity contribution is 7.88. The normalized spacial score (nSPS) is 15.7. The van der Waals surface area contributed by atoms with Gasteiger partial charge in [-0.2, -0.15) is 8.42 Å². The first-order valence-electron chi connectivity index (χ1n) is 11.6. The van der Waals surface area contributed by atoms with Crippen LogP contribution in [-0.4, -0.2) is 62.1 Å². The zero-order valence-electron chi connectivity index (χ0n) is 20.0. The van der Waals surface area contributed by atoms with E-state index in [4.69, 9.17) is 9.92 Å². The SMILES string of the molecule is CCCCCCCCCCCCC(C)[N+](C)(C)C(C)(C(=O)O)S(=O)(=O)OCCCN. The van der Waals surface area contributed by atoms with Crippen LogP contribution in [0.25, 0.3) is 0 Å². The maximum Gasteiger partial charge on any atom is 0.384 e. The second-order valence-corrected chi connectivity index (χ2v) is 11.0. The van der Waals surface area contributed by atoms with Gasteiger partial charge in [0.2, 0.25) is 0 Å². The molecule has 0 heterocycles. The highest BCUT2D eigenvalue weighted by atomic mass is 32.2. The minimum absolute atomic E-state index is 0.103. The predicted octanol–water partition coefficient (Wildman–Crippen LogP) is 4.26. The molecule has 30 heavy (non-hydrogen) atoms. The van der Waals surface area contributed by atoms with Gasteiger partial charge < -0.3 is 10.8 Å². The smallest absolute Gasteiger partial charge is 0.384 e. The summed E-state index contributed by atoms with van der Waals surface area (Å²) in [4.78, 5) is 10.0. The van der Waals surface area contributed by atoms with E-state index in [2.05, 4.69) is 6.92 Å². The Morgan fingerprint density at radius 2 is 1.47 bits per heavy atom. The van der Waals surface area contributed by atoms with E-state index in [9.17, 15) is 18.3 Å². The first-order valence-corrected chi connectivity index (χ1v) is 13.1. The summed E-state index contributed by atoms with van der Waals surface area (Å²) in [5.41, 5.74) is 5.39. The number of nitrogens with zero attached hydrogens (tertiary/aromatic N) is 1. The Hall–Kier alpha value is -0.700. The van der Waals surface area contributed by atoms with Gasteiger partial charge in [-0.15, -0.1) is 0 Å². The Labute approximate surface area is 185 Å². The Morgan fingerprint density at radius 3 is 1.90 bits per heavy atom. The lowest BCUT2D eigenvalue weighted by atomic mass is 10.0. The number of carboxylic acid groups (broad SMARTS) is 1. The summed E-state index contributed by atoms with van der Waals surface area (Å²) in [5.74, 6) is -1.39. The fourth-order valence-electron chi connectivity index (χ4n) is 3.68. The molecule has 0 bridgehead atoms. The molecule has 180 valence electrons. The van der Waals surface area contributed by atoms with Crippen molar-refractivity contribution in [3.8, 4) is 0 Å². The Kier molecular flexibility index (Phi) is 14.0. The van der Waals surface area contributed by atoms with Crippen LogP contribution in [0.4, 0.5) is 0 Å². The van der Waals surface area contributed by atoms with Crippen LogP contribution in [-0.2, 0) is 19.1 Å². The maximum absolute atomic E-state index is 12.8. The number of aliphatic carboxylic acids is 1. The summed E-state index contributed by atoms with van der Waals surface area (Å²) < 4.78 is 30.4. The van der Waals surface area contributed by atoms with Crippen molar-refractivity contribution in [3.05, 3.63) is 0 Å². The van der Waals surface area contributed by atoms with Crippen LogP contribution in [0.15, 0.2) is 0 Å². The molecular formula is C22H47N2O5S+. The number of quaternary nitrogens is 1. The number of hydrogen-bond acceptors (Lipinski definition) is 5. The summed E-state index contributed by atoms with van der Waals surface area (Å²) in [6, 6.07) is -0.145. The molecule has 2 unspecified atom stereocenters. The van der Waals surface area contributed by atoms with Gasteiger partial charge in [-0.3, -0.25) is 8.67 Å². The number of unbranched alkanes of at least 4 members (excludes halogenated alkanes) is 9. The lowest BCUT2D eigenvalue weighted by molar-refractivity contribution is -0.937. The Morgan fingerprint density at radius 1 is 1.00 bits per heavy atom. The third-order valence-corrected chi connectivity index (χ3v) is 8.74. The summed E-state index contributed by atoms with van der Waals surface area (Å²) in [6.45, 7) is 5.58. The van der Waals surface area contributed by atoms with E-state index in [1.54, 1.807) is 14.1 Å². The van der Waals surface area contributed by atoms with Crippen LogP contribution in [0, 0.1) is 0 Å². The van der Waals surface area contributed by atoms with Gasteiger partial charge in [-0.1, -0.05) is 64.7 Å². The number of carbonyl (C=O) groups is 1. The van der Waals surface area contributed by atoms with E-state index >= 15 is 0 Å². The number of nitrogens with two attached hydrogens (primary N) is 1. The van der Waals surface area contributed by atoms with E-state index < -0.39 is 21.0 Å². The predicted molar refractivity (Wildman–Crippen MR) is 123 cm³/mol. The molecule has 0 aromatic heterocycles. The largest absolute Gasteiger partial charge is 0.476 e. The second-order valence-electron chi connectivity index (χ2n) is 9.07. The molecule has 0 saturated heterocycles. The van der Waals surface area contributed by atoms with Gasteiger partial charge in [0.15, 0.2) is 0 Å². The fourth-order valence-corrected chi connectivity index (χ4v) is 5.22. The molecule has 0 rings (SSSR count). The quantitative estimate of drug-likeness (QED) is 0.173. The van der Waals surface area contributed by atoms with Crippen LogP contribution in [0.2, 0.25) is 0 Å². The van der Waals surface area contributed by atoms with Gasteiger partial charge in [0.05, 0.1) is 26.7 Å². The molecule has 0 aromatic rings. The zero-order chi connectivity index (χ0) is 23.3. The minimum atomic E-state index is -4.33. The molecule has 0 aliphatic carbocycles. The number of rotatable bonds is 19. The Balaban J connectivity index is 4.68. The van der Waals surface area contributed by atoms with Crippen LogP contribution in [0.1, 0.15) is 97.8 Å². The standard InChI is InChI=1S/C22H46N2O5S/c1-6-7-8-9-10-11-12-13-14-15-17-20(2)24(4,5)22(3,21(25)26)30(27,28)29-19-16-18-23/h20H,6-19,23H2,1-5H3/p+1. The third kappa shape index (κ3) is 8.44. The van der Waals surface area contributed by atoms with Crippen molar-refractivity contribution in [1.82, 2.24) is 0 Å². The van der Waals surface area contributed by atoms with Crippen molar-refractivity contribution in [2.45, 2.75) is 109 Å². The molecule has 2 atom stereocenters. The van der Waals surface area contributed by atoms with Crippen LogP contribution in [0.5, 0.6) is 0 Å². The molecule has 0 saturated carbocycles. The highest BCUT2D eigenvalue weighted by Crippen LogP contribution is 2.33. The topological polar surface area (TPSA) is 107 Å². The van der Waals surface area contributed by atoms with Gasteiger partial charge in [-0.05, 0) is 32.7 Å². The molecule has 0 fully saturated rings. The molecular weight excluding hydrogens is 404 g/mol. The highest BCUT2D eigenvalue weighted by Gasteiger charge is 2.62. The molecule has 0 amide bonds. The monoisotopic (exact) mass is 451 g/mol. The molecule has 0 aromatic carbocycles. The summed E-state index contributed by atoms with van der Waals surface area (Å²) >= 11 is 0. The molecule has 7 nitrogen and oxygen atoms in total. The van der Waals surface area contributed by atoms with Crippen LogP contribution < -0.4 is 5.73 Å². The summed E-state index contributed by atoms with van der Waals surface area (Å²) in [6.07, 6.45) is 13.4. The van der Waals surface area contributed by atoms with Crippen LogP contribution in [0.3, 0.4) is 0 Å². The average molecular weight is 452 g/mol. The first kappa shape index (κ1) is 29.3. The number of likely N-dealkylation sites (N-methyl/N-ethyl adjacent to an activating group) is 1. The van der Waals surface area contributed by atoms with Gasteiger partial charge in [-0.25, -0.2) is 4.79 Å². The van der Waals surface area contributed by atoms with Crippen LogP contribution >= 0.6 is 0 Å². The molecule has 0 aliphatic rings. The van der Waals surface area contributed by atoms with E-state index in [1.807, 2.05) is 6.92 Å². The molecule has 8 heteroatoms. The van der Waals surface area contributed by atoms with Gasteiger partial charge in [0.25, 0.3) is 0 Å². The minimum Gasteiger partial charge on any atom is -0.476 e. The zero-order valence-corrected chi connectivity index (χ0v) is 20.8. The van der Waals surface area contributed by atoms with Crippen molar-refractivity contribution in [2.24, 2.45) is 5.73 Å². The molecule has 0 spiro atoms.